The monoisotopic (exact) mass is 234 g/mol. The second kappa shape index (κ2) is 5.52. The summed E-state index contributed by atoms with van der Waals surface area (Å²) in [7, 11) is 0. The van der Waals surface area contributed by atoms with Crippen LogP contribution in [-0.4, -0.2) is 35.2 Å². The second-order valence-corrected chi connectivity index (χ2v) is 4.97. The Kier molecular flexibility index (Phi) is 4.02. The summed E-state index contributed by atoms with van der Waals surface area (Å²) in [6, 6.07) is 8.74. The van der Waals surface area contributed by atoms with Gasteiger partial charge in [0.1, 0.15) is 5.75 Å². The molecule has 2 N–H and O–H groups in total. The van der Waals surface area contributed by atoms with Crippen molar-refractivity contribution >= 4 is 0 Å². The fraction of sp³-hybridized carbons (Fsp3) is 0.571. The Hall–Kier alpha value is -1.06. The van der Waals surface area contributed by atoms with Gasteiger partial charge in [0.15, 0.2) is 0 Å². The van der Waals surface area contributed by atoms with E-state index in [4.69, 9.17) is 0 Å². The van der Waals surface area contributed by atoms with Crippen LogP contribution in [0.15, 0.2) is 24.3 Å². The van der Waals surface area contributed by atoms with Crippen LogP contribution in [0.25, 0.3) is 0 Å². The highest BCUT2D eigenvalue weighted by Gasteiger charge is 2.24. The first-order valence-corrected chi connectivity index (χ1v) is 6.44. The molecule has 0 spiro atoms. The van der Waals surface area contributed by atoms with Crippen LogP contribution in [0.3, 0.4) is 0 Å². The molecule has 3 nitrogen and oxygen atoms in total. The van der Waals surface area contributed by atoms with Crippen molar-refractivity contribution in [1.82, 2.24) is 10.2 Å². The number of phenols is 1. The van der Waals surface area contributed by atoms with Gasteiger partial charge in [-0.05, 0) is 31.0 Å². The minimum Gasteiger partial charge on any atom is -0.508 e. The van der Waals surface area contributed by atoms with Crippen LogP contribution in [0.2, 0.25) is 0 Å². The van der Waals surface area contributed by atoms with Gasteiger partial charge >= 0.3 is 0 Å². The van der Waals surface area contributed by atoms with Crippen molar-refractivity contribution in [2.24, 2.45) is 0 Å². The molecule has 0 aromatic heterocycles. The Morgan fingerprint density at radius 3 is 3.00 bits per heavy atom. The number of piperazine rings is 1. The topological polar surface area (TPSA) is 35.5 Å². The van der Waals surface area contributed by atoms with E-state index >= 15 is 0 Å². The highest BCUT2D eigenvalue weighted by Crippen LogP contribution is 2.17. The van der Waals surface area contributed by atoms with E-state index in [1.807, 2.05) is 12.1 Å². The molecule has 1 aliphatic heterocycles. The Labute approximate surface area is 103 Å². The summed E-state index contributed by atoms with van der Waals surface area (Å²) in [5, 5.41) is 13.0. The van der Waals surface area contributed by atoms with E-state index in [2.05, 4.69) is 30.1 Å². The number of nitrogens with one attached hydrogen (secondary N) is 1. The van der Waals surface area contributed by atoms with Crippen molar-refractivity contribution in [1.29, 1.82) is 0 Å². The van der Waals surface area contributed by atoms with Crippen molar-refractivity contribution in [3.8, 4) is 5.75 Å². The van der Waals surface area contributed by atoms with Crippen molar-refractivity contribution in [2.45, 2.75) is 38.9 Å². The molecule has 1 heterocycles. The van der Waals surface area contributed by atoms with E-state index in [1.54, 1.807) is 6.07 Å². The van der Waals surface area contributed by atoms with Crippen LogP contribution in [0, 0.1) is 0 Å². The molecule has 0 bridgehead atoms. The van der Waals surface area contributed by atoms with E-state index in [0.717, 1.165) is 19.6 Å². The maximum atomic E-state index is 9.49. The number of nitrogens with zero attached hydrogens (tertiary/aromatic N) is 1. The average Bonchev–Trinajstić information content (AvgIpc) is 2.29. The summed E-state index contributed by atoms with van der Waals surface area (Å²) >= 11 is 0. The quantitative estimate of drug-likeness (QED) is 0.839. The molecule has 1 aromatic rings. The second-order valence-electron chi connectivity index (χ2n) is 4.97. The molecule has 3 heteroatoms. The van der Waals surface area contributed by atoms with Gasteiger partial charge in [-0.1, -0.05) is 19.1 Å². The van der Waals surface area contributed by atoms with Gasteiger partial charge in [0.2, 0.25) is 0 Å². The number of hydrogen-bond donors (Lipinski definition) is 2. The SMILES string of the molecule is CCC1CNC(C)CN1Cc1cccc(O)c1. The van der Waals surface area contributed by atoms with Gasteiger partial charge in [-0.15, -0.1) is 0 Å². The van der Waals surface area contributed by atoms with Gasteiger partial charge in [0.05, 0.1) is 0 Å². The lowest BCUT2D eigenvalue weighted by Crippen LogP contribution is -2.54. The van der Waals surface area contributed by atoms with Crippen LogP contribution < -0.4 is 5.32 Å². The molecule has 0 radical (unpaired) electrons. The molecule has 1 aromatic carbocycles. The molecule has 2 unspecified atom stereocenters. The zero-order chi connectivity index (χ0) is 12.3. The van der Waals surface area contributed by atoms with E-state index in [9.17, 15) is 5.11 Å². The minimum atomic E-state index is 0.360. The summed E-state index contributed by atoms with van der Waals surface area (Å²) in [6.07, 6.45) is 1.17. The van der Waals surface area contributed by atoms with E-state index in [0.29, 0.717) is 17.8 Å². The predicted octanol–water partition coefficient (Wildman–Crippen LogP) is 1.96. The lowest BCUT2D eigenvalue weighted by Gasteiger charge is -2.39. The van der Waals surface area contributed by atoms with E-state index < -0.39 is 0 Å². The van der Waals surface area contributed by atoms with Crippen molar-refractivity contribution in [3.63, 3.8) is 0 Å². The summed E-state index contributed by atoms with van der Waals surface area (Å²) in [5.74, 6) is 0.360. The molecular formula is C14H22N2O. The molecule has 1 fully saturated rings. The Morgan fingerprint density at radius 2 is 2.29 bits per heavy atom. The standard InChI is InChI=1S/C14H22N2O/c1-3-13-8-15-11(2)9-16(13)10-12-5-4-6-14(17)7-12/h4-7,11,13,15,17H,3,8-10H2,1-2H3. The van der Waals surface area contributed by atoms with Gasteiger partial charge in [-0.25, -0.2) is 0 Å². The van der Waals surface area contributed by atoms with Crippen LogP contribution in [0.5, 0.6) is 5.75 Å². The molecular weight excluding hydrogens is 212 g/mol. The third kappa shape index (κ3) is 3.20. The summed E-state index contributed by atoms with van der Waals surface area (Å²) in [5.41, 5.74) is 1.19. The lowest BCUT2D eigenvalue weighted by molar-refractivity contribution is 0.124. The fourth-order valence-electron chi connectivity index (χ4n) is 2.52. The van der Waals surface area contributed by atoms with Crippen molar-refractivity contribution in [3.05, 3.63) is 29.8 Å². The zero-order valence-corrected chi connectivity index (χ0v) is 10.7. The summed E-state index contributed by atoms with van der Waals surface area (Å²) in [6.45, 7) is 7.53. The molecule has 17 heavy (non-hydrogen) atoms. The normalized spacial score (nSPS) is 26.0. The third-order valence-corrected chi connectivity index (χ3v) is 3.49. The smallest absolute Gasteiger partial charge is 0.115 e. The molecule has 0 aliphatic carbocycles. The first kappa shape index (κ1) is 12.4. The summed E-state index contributed by atoms with van der Waals surface area (Å²) in [4.78, 5) is 2.51. The molecule has 1 aliphatic rings. The number of phenolic OH excluding ortho intramolecular Hbond substituents is 1. The van der Waals surface area contributed by atoms with Gasteiger partial charge in [-0.2, -0.15) is 0 Å². The predicted molar refractivity (Wildman–Crippen MR) is 70.1 cm³/mol. The number of aromatic hydroxyl groups is 1. The van der Waals surface area contributed by atoms with Crippen molar-refractivity contribution in [2.75, 3.05) is 13.1 Å². The van der Waals surface area contributed by atoms with Gasteiger partial charge in [0.25, 0.3) is 0 Å². The maximum Gasteiger partial charge on any atom is 0.115 e. The van der Waals surface area contributed by atoms with E-state index in [1.165, 1.54) is 12.0 Å². The van der Waals surface area contributed by atoms with Gasteiger partial charge in [0, 0.05) is 31.7 Å². The molecule has 0 saturated carbocycles. The van der Waals surface area contributed by atoms with Crippen LogP contribution >= 0.6 is 0 Å². The average molecular weight is 234 g/mol. The van der Waals surface area contributed by atoms with E-state index in [-0.39, 0.29) is 0 Å². The molecule has 0 amide bonds. The Balaban J connectivity index is 2.04. The molecule has 2 rings (SSSR count). The molecule has 1 saturated heterocycles. The lowest BCUT2D eigenvalue weighted by atomic mass is 10.1. The van der Waals surface area contributed by atoms with Gasteiger partial charge < -0.3 is 10.4 Å². The Morgan fingerprint density at radius 1 is 1.47 bits per heavy atom. The summed E-state index contributed by atoms with van der Waals surface area (Å²) < 4.78 is 0. The number of hydrogen-bond acceptors (Lipinski definition) is 3. The van der Waals surface area contributed by atoms with Crippen LogP contribution in [0.4, 0.5) is 0 Å². The first-order chi connectivity index (χ1) is 8.19. The van der Waals surface area contributed by atoms with Crippen LogP contribution in [-0.2, 0) is 6.54 Å². The zero-order valence-electron chi connectivity index (χ0n) is 10.7. The molecule has 2 atom stereocenters. The number of rotatable bonds is 3. The molecule has 94 valence electrons. The third-order valence-electron chi connectivity index (χ3n) is 3.49. The van der Waals surface area contributed by atoms with Gasteiger partial charge in [-0.3, -0.25) is 4.90 Å². The maximum absolute atomic E-state index is 9.49. The number of benzene rings is 1. The largest absolute Gasteiger partial charge is 0.508 e. The van der Waals surface area contributed by atoms with Crippen molar-refractivity contribution < 1.29 is 5.11 Å². The Bertz CT molecular complexity index is 367. The van der Waals surface area contributed by atoms with Crippen LogP contribution in [0.1, 0.15) is 25.8 Å². The fourth-order valence-corrected chi connectivity index (χ4v) is 2.52. The first-order valence-electron chi connectivity index (χ1n) is 6.44. The minimum absolute atomic E-state index is 0.360. The highest BCUT2D eigenvalue weighted by atomic mass is 16.3. The highest BCUT2D eigenvalue weighted by molar-refractivity contribution is 5.27.